The van der Waals surface area contributed by atoms with E-state index in [9.17, 15) is 8.42 Å². The molecule has 1 aromatic carbocycles. The van der Waals surface area contributed by atoms with Gasteiger partial charge in [0.1, 0.15) is 0 Å². The smallest absolute Gasteiger partial charge is 0.178 e. The molecule has 4 nitrogen and oxygen atoms in total. The first-order valence-corrected chi connectivity index (χ1v) is 7.54. The summed E-state index contributed by atoms with van der Waals surface area (Å²) in [6.45, 7) is 4.72. The second kappa shape index (κ2) is 5.06. The number of hydrogen-bond acceptors (Lipinski definition) is 4. The van der Waals surface area contributed by atoms with E-state index in [4.69, 9.17) is 0 Å². The second-order valence-electron chi connectivity index (χ2n) is 4.33. The van der Waals surface area contributed by atoms with Crippen molar-refractivity contribution in [2.24, 2.45) is 5.92 Å². The summed E-state index contributed by atoms with van der Waals surface area (Å²) >= 11 is 0. The summed E-state index contributed by atoms with van der Waals surface area (Å²) in [6, 6.07) is 6.99. The molecule has 1 aromatic rings. The Morgan fingerprint density at radius 3 is 2.41 bits per heavy atom. The first-order chi connectivity index (χ1) is 8.12. The summed E-state index contributed by atoms with van der Waals surface area (Å²) in [4.78, 5) is 0.399. The summed E-state index contributed by atoms with van der Waals surface area (Å²) in [5, 5.41) is 6.52. The monoisotopic (exact) mass is 254 g/mol. The third-order valence-corrected chi connectivity index (χ3v) is 4.80. The Bertz CT molecular complexity index is 464. The number of hydrogen-bond donors (Lipinski definition) is 2. The van der Waals surface area contributed by atoms with E-state index in [1.54, 1.807) is 19.1 Å². The lowest BCUT2D eigenvalue weighted by molar-refractivity contribution is 0.365. The molecule has 1 aliphatic rings. The molecule has 0 unspecified atom stereocenters. The molecule has 2 rings (SSSR count). The molecule has 1 heterocycles. The van der Waals surface area contributed by atoms with E-state index in [1.165, 1.54) is 0 Å². The lowest BCUT2D eigenvalue weighted by atomic mass is 10.0. The van der Waals surface area contributed by atoms with Gasteiger partial charge in [-0.3, -0.25) is 0 Å². The van der Waals surface area contributed by atoms with Gasteiger partial charge in [0.25, 0.3) is 0 Å². The average Bonchev–Trinajstić information content (AvgIpc) is 2.28. The van der Waals surface area contributed by atoms with Gasteiger partial charge in [0.2, 0.25) is 0 Å². The number of benzene rings is 1. The van der Waals surface area contributed by atoms with Gasteiger partial charge in [0, 0.05) is 31.2 Å². The molecule has 2 N–H and O–H groups in total. The highest BCUT2D eigenvalue weighted by Gasteiger charge is 2.16. The molecule has 0 radical (unpaired) electrons. The Labute approximate surface area is 102 Å². The summed E-state index contributed by atoms with van der Waals surface area (Å²) in [5.41, 5.74) is 0.979. The number of nitrogens with one attached hydrogen (secondary N) is 2. The van der Waals surface area contributed by atoms with Gasteiger partial charge < -0.3 is 10.6 Å². The Kier molecular flexibility index (Phi) is 3.69. The summed E-state index contributed by atoms with van der Waals surface area (Å²) in [7, 11) is -3.08. The van der Waals surface area contributed by atoms with Crippen LogP contribution in [-0.2, 0) is 9.84 Å². The van der Waals surface area contributed by atoms with Crippen LogP contribution in [0.2, 0.25) is 0 Å². The van der Waals surface area contributed by atoms with E-state index in [-0.39, 0.29) is 5.75 Å². The normalized spacial score (nSPS) is 16.5. The van der Waals surface area contributed by atoms with Gasteiger partial charge in [-0.05, 0) is 24.3 Å². The molecule has 0 bridgehead atoms. The van der Waals surface area contributed by atoms with Crippen LogP contribution in [0.15, 0.2) is 29.2 Å². The Morgan fingerprint density at radius 2 is 1.94 bits per heavy atom. The largest absolute Gasteiger partial charge is 0.385 e. The van der Waals surface area contributed by atoms with Gasteiger partial charge in [-0.1, -0.05) is 6.92 Å². The van der Waals surface area contributed by atoms with Crippen LogP contribution in [0.5, 0.6) is 0 Å². The second-order valence-corrected chi connectivity index (χ2v) is 6.61. The molecular weight excluding hydrogens is 236 g/mol. The van der Waals surface area contributed by atoms with Crippen LogP contribution in [0.1, 0.15) is 6.92 Å². The molecular formula is C12H18N2O2S. The van der Waals surface area contributed by atoms with Crippen molar-refractivity contribution >= 4 is 15.5 Å². The molecule has 0 aliphatic carbocycles. The molecule has 0 aromatic heterocycles. The van der Waals surface area contributed by atoms with Gasteiger partial charge in [0.15, 0.2) is 9.84 Å². The first-order valence-electron chi connectivity index (χ1n) is 5.89. The third kappa shape index (κ3) is 2.98. The van der Waals surface area contributed by atoms with Crippen LogP contribution in [0.25, 0.3) is 0 Å². The minimum atomic E-state index is -3.08. The highest BCUT2D eigenvalue weighted by Crippen LogP contribution is 2.16. The van der Waals surface area contributed by atoms with Gasteiger partial charge in [-0.2, -0.15) is 0 Å². The van der Waals surface area contributed by atoms with Crippen LogP contribution in [-0.4, -0.2) is 33.8 Å². The zero-order valence-electron chi connectivity index (χ0n) is 9.94. The van der Waals surface area contributed by atoms with Crippen LogP contribution in [0, 0.1) is 5.92 Å². The molecule has 5 heteroatoms. The Balaban J connectivity index is 1.97. The topological polar surface area (TPSA) is 58.2 Å². The highest BCUT2D eigenvalue weighted by molar-refractivity contribution is 7.91. The standard InChI is InChI=1S/C12H18N2O2S/c1-2-17(15,16)12-5-3-11(4-6-12)14-9-10-7-13-8-10/h3-6,10,13-14H,2,7-9H2,1H3. The van der Waals surface area contributed by atoms with Crippen molar-refractivity contribution in [3.05, 3.63) is 24.3 Å². The minimum Gasteiger partial charge on any atom is -0.385 e. The van der Waals surface area contributed by atoms with E-state index >= 15 is 0 Å². The summed E-state index contributed by atoms with van der Waals surface area (Å²) < 4.78 is 23.2. The van der Waals surface area contributed by atoms with Crippen LogP contribution < -0.4 is 10.6 Å². The predicted molar refractivity (Wildman–Crippen MR) is 69.0 cm³/mol. The predicted octanol–water partition coefficient (Wildman–Crippen LogP) is 1.11. The molecule has 0 amide bonds. The molecule has 0 atom stereocenters. The molecule has 0 spiro atoms. The fourth-order valence-electron chi connectivity index (χ4n) is 1.70. The summed E-state index contributed by atoms with van der Waals surface area (Å²) in [5.74, 6) is 0.835. The molecule has 1 fully saturated rings. The zero-order chi connectivity index (χ0) is 12.3. The van der Waals surface area contributed by atoms with Crippen molar-refractivity contribution in [2.75, 3.05) is 30.7 Å². The highest BCUT2D eigenvalue weighted by atomic mass is 32.2. The van der Waals surface area contributed by atoms with Crippen molar-refractivity contribution in [2.45, 2.75) is 11.8 Å². The van der Waals surface area contributed by atoms with Gasteiger partial charge in [0.05, 0.1) is 10.6 Å². The Hall–Kier alpha value is -1.07. The van der Waals surface area contributed by atoms with E-state index in [2.05, 4.69) is 10.6 Å². The van der Waals surface area contributed by atoms with Gasteiger partial charge >= 0.3 is 0 Å². The van der Waals surface area contributed by atoms with E-state index < -0.39 is 9.84 Å². The average molecular weight is 254 g/mol. The molecule has 0 saturated carbocycles. The third-order valence-electron chi connectivity index (χ3n) is 3.05. The zero-order valence-corrected chi connectivity index (χ0v) is 10.8. The minimum absolute atomic E-state index is 0.146. The van der Waals surface area contributed by atoms with E-state index in [0.29, 0.717) is 10.8 Å². The summed E-state index contributed by atoms with van der Waals surface area (Å²) in [6.07, 6.45) is 0. The molecule has 1 aliphatic heterocycles. The lowest BCUT2D eigenvalue weighted by Gasteiger charge is -2.27. The fraction of sp³-hybridized carbons (Fsp3) is 0.500. The quantitative estimate of drug-likeness (QED) is 0.826. The van der Waals surface area contributed by atoms with Crippen molar-refractivity contribution < 1.29 is 8.42 Å². The maximum atomic E-state index is 11.6. The molecule has 1 saturated heterocycles. The maximum absolute atomic E-state index is 11.6. The van der Waals surface area contributed by atoms with Gasteiger partial charge in [-0.15, -0.1) is 0 Å². The van der Waals surface area contributed by atoms with E-state index in [0.717, 1.165) is 25.3 Å². The van der Waals surface area contributed by atoms with E-state index in [1.807, 2.05) is 12.1 Å². The SMILES string of the molecule is CCS(=O)(=O)c1ccc(NCC2CNC2)cc1. The lowest BCUT2D eigenvalue weighted by Crippen LogP contribution is -2.45. The Morgan fingerprint density at radius 1 is 1.29 bits per heavy atom. The van der Waals surface area contributed by atoms with Crippen LogP contribution in [0.4, 0.5) is 5.69 Å². The number of sulfone groups is 1. The van der Waals surface area contributed by atoms with Crippen LogP contribution in [0.3, 0.4) is 0 Å². The first kappa shape index (κ1) is 12.4. The molecule has 17 heavy (non-hydrogen) atoms. The van der Waals surface area contributed by atoms with Crippen molar-refractivity contribution in [1.29, 1.82) is 0 Å². The maximum Gasteiger partial charge on any atom is 0.178 e. The fourth-order valence-corrected chi connectivity index (χ4v) is 2.59. The van der Waals surface area contributed by atoms with Gasteiger partial charge in [-0.25, -0.2) is 8.42 Å². The molecule has 94 valence electrons. The van der Waals surface area contributed by atoms with Crippen molar-refractivity contribution in [3.8, 4) is 0 Å². The van der Waals surface area contributed by atoms with Crippen molar-refractivity contribution in [3.63, 3.8) is 0 Å². The number of rotatable bonds is 5. The van der Waals surface area contributed by atoms with Crippen molar-refractivity contribution in [1.82, 2.24) is 5.32 Å². The van der Waals surface area contributed by atoms with Crippen LogP contribution >= 0.6 is 0 Å². The number of anilines is 1.